The molecule has 3 rings (SSSR count). The van der Waals surface area contributed by atoms with Crippen LogP contribution in [0.2, 0.25) is 0 Å². The first-order chi connectivity index (χ1) is 8.79. The van der Waals surface area contributed by atoms with Crippen LogP contribution in [0.3, 0.4) is 0 Å². The summed E-state index contributed by atoms with van der Waals surface area (Å²) in [5.41, 5.74) is 4.20. The zero-order valence-corrected chi connectivity index (χ0v) is 11.2. The summed E-state index contributed by atoms with van der Waals surface area (Å²) in [5.74, 6) is 5.76. The topological polar surface area (TPSA) is 47.3 Å². The summed E-state index contributed by atoms with van der Waals surface area (Å²) < 4.78 is 7.27. The van der Waals surface area contributed by atoms with E-state index in [4.69, 9.17) is 10.6 Å². The molecule has 3 N–H and O–H groups in total. The molecule has 0 spiro atoms. The van der Waals surface area contributed by atoms with Gasteiger partial charge in [0.25, 0.3) is 0 Å². The number of rotatable bonds is 3. The van der Waals surface area contributed by atoms with Crippen LogP contribution in [0.1, 0.15) is 31.4 Å². The van der Waals surface area contributed by atoms with Gasteiger partial charge in [-0.25, -0.2) is 0 Å². The second-order valence-corrected chi connectivity index (χ2v) is 5.81. The number of hydrazine groups is 1. The van der Waals surface area contributed by atoms with E-state index in [2.05, 4.69) is 42.0 Å². The predicted molar refractivity (Wildman–Crippen MR) is 75.5 cm³/mol. The summed E-state index contributed by atoms with van der Waals surface area (Å²) in [7, 11) is 0. The Labute approximate surface area is 111 Å². The molecule has 18 heavy (non-hydrogen) atoms. The van der Waals surface area contributed by atoms with E-state index in [1.807, 2.05) is 0 Å². The van der Waals surface area contributed by atoms with Gasteiger partial charge in [-0.15, -0.1) is 11.3 Å². The highest BCUT2D eigenvalue weighted by Gasteiger charge is 2.31. The number of hydrogen-bond acceptors (Lipinski definition) is 4. The second kappa shape index (κ2) is 4.97. The van der Waals surface area contributed by atoms with Crippen molar-refractivity contribution in [3.05, 3.63) is 35.2 Å². The smallest absolute Gasteiger partial charge is 0.0787 e. The molecule has 0 radical (unpaired) electrons. The molecular formula is C14H18N2OS. The van der Waals surface area contributed by atoms with Crippen molar-refractivity contribution in [3.8, 4) is 0 Å². The van der Waals surface area contributed by atoms with Gasteiger partial charge in [-0.3, -0.25) is 11.3 Å². The molecule has 96 valence electrons. The molecule has 1 aromatic heterocycles. The third kappa shape index (κ3) is 2.06. The Kier molecular flexibility index (Phi) is 3.35. The van der Waals surface area contributed by atoms with Crippen molar-refractivity contribution in [3.63, 3.8) is 0 Å². The number of fused-ring (bicyclic) bond motifs is 1. The van der Waals surface area contributed by atoms with Crippen LogP contribution in [-0.4, -0.2) is 12.2 Å². The summed E-state index contributed by atoms with van der Waals surface area (Å²) in [6.07, 6.45) is 2.70. The molecule has 2 heterocycles. The summed E-state index contributed by atoms with van der Waals surface area (Å²) in [6, 6.07) is 8.61. The molecule has 3 atom stereocenters. The first-order valence-electron chi connectivity index (χ1n) is 6.37. The highest BCUT2D eigenvalue weighted by atomic mass is 32.1. The maximum atomic E-state index is 5.96. The van der Waals surface area contributed by atoms with E-state index in [9.17, 15) is 0 Å². The van der Waals surface area contributed by atoms with E-state index in [0.717, 1.165) is 12.8 Å². The number of nitrogens with two attached hydrogens (primary N) is 1. The maximum Gasteiger partial charge on any atom is 0.0787 e. The van der Waals surface area contributed by atoms with Crippen LogP contribution in [-0.2, 0) is 4.74 Å². The Hall–Kier alpha value is -0.940. The van der Waals surface area contributed by atoms with Crippen LogP contribution in [0.4, 0.5) is 0 Å². The Morgan fingerprint density at radius 2 is 2.28 bits per heavy atom. The van der Waals surface area contributed by atoms with Gasteiger partial charge in [-0.05, 0) is 42.2 Å². The SMILES string of the molecule is CC1CCC(C(NN)c2cccc3ccsc23)O1. The predicted octanol–water partition coefficient (Wildman–Crippen LogP) is 2.97. The molecule has 3 nitrogen and oxygen atoms in total. The van der Waals surface area contributed by atoms with Gasteiger partial charge in [0.05, 0.1) is 18.2 Å². The van der Waals surface area contributed by atoms with Gasteiger partial charge in [-0.1, -0.05) is 18.2 Å². The Balaban J connectivity index is 1.98. The van der Waals surface area contributed by atoms with Crippen LogP contribution in [0.15, 0.2) is 29.6 Å². The van der Waals surface area contributed by atoms with E-state index in [0.29, 0.717) is 6.10 Å². The Bertz CT molecular complexity index is 539. The lowest BCUT2D eigenvalue weighted by molar-refractivity contribution is 0.0319. The summed E-state index contributed by atoms with van der Waals surface area (Å²) in [5, 5.41) is 3.41. The highest BCUT2D eigenvalue weighted by molar-refractivity contribution is 7.17. The number of ether oxygens (including phenoxy) is 1. The zero-order chi connectivity index (χ0) is 12.5. The summed E-state index contributed by atoms with van der Waals surface area (Å²) in [4.78, 5) is 0. The van der Waals surface area contributed by atoms with Gasteiger partial charge in [0.2, 0.25) is 0 Å². The van der Waals surface area contributed by atoms with Crippen molar-refractivity contribution in [1.82, 2.24) is 5.43 Å². The molecule has 4 heteroatoms. The minimum absolute atomic E-state index is 0.0808. The lowest BCUT2D eigenvalue weighted by Gasteiger charge is -2.23. The quantitative estimate of drug-likeness (QED) is 0.660. The summed E-state index contributed by atoms with van der Waals surface area (Å²) >= 11 is 1.77. The number of thiophene rings is 1. The van der Waals surface area contributed by atoms with Gasteiger partial charge in [0, 0.05) is 4.70 Å². The van der Waals surface area contributed by atoms with Crippen molar-refractivity contribution >= 4 is 21.4 Å². The molecule has 2 aromatic rings. The van der Waals surface area contributed by atoms with Crippen molar-refractivity contribution in [2.45, 2.75) is 38.0 Å². The largest absolute Gasteiger partial charge is 0.373 e. The normalized spacial score (nSPS) is 25.7. The first kappa shape index (κ1) is 12.1. The molecule has 1 saturated heterocycles. The molecular weight excluding hydrogens is 244 g/mol. The van der Waals surface area contributed by atoms with Crippen molar-refractivity contribution in [1.29, 1.82) is 0 Å². The van der Waals surface area contributed by atoms with Crippen LogP contribution in [0, 0.1) is 0 Å². The lowest BCUT2D eigenvalue weighted by atomic mass is 9.99. The fourth-order valence-electron chi connectivity index (χ4n) is 2.74. The van der Waals surface area contributed by atoms with Gasteiger partial charge in [-0.2, -0.15) is 0 Å². The van der Waals surface area contributed by atoms with Gasteiger partial charge in [0.1, 0.15) is 0 Å². The first-order valence-corrected chi connectivity index (χ1v) is 7.25. The zero-order valence-electron chi connectivity index (χ0n) is 10.4. The standard InChI is InChI=1S/C14H18N2OS/c1-9-5-6-12(17-9)13(16-15)11-4-2-3-10-7-8-18-14(10)11/h2-4,7-9,12-13,16H,5-6,15H2,1H3. The maximum absolute atomic E-state index is 5.96. The van der Waals surface area contributed by atoms with Crippen LogP contribution >= 0.6 is 11.3 Å². The van der Waals surface area contributed by atoms with Crippen LogP contribution < -0.4 is 11.3 Å². The van der Waals surface area contributed by atoms with Crippen LogP contribution in [0.5, 0.6) is 0 Å². The number of hydrogen-bond donors (Lipinski definition) is 2. The van der Waals surface area contributed by atoms with Gasteiger partial charge < -0.3 is 4.74 Å². The van der Waals surface area contributed by atoms with E-state index in [1.54, 1.807) is 11.3 Å². The molecule has 0 saturated carbocycles. The molecule has 0 bridgehead atoms. The molecule has 1 aromatic carbocycles. The monoisotopic (exact) mass is 262 g/mol. The van der Waals surface area contributed by atoms with E-state index in [-0.39, 0.29) is 12.1 Å². The molecule has 1 aliphatic rings. The fraction of sp³-hybridized carbons (Fsp3) is 0.429. The molecule has 1 aliphatic heterocycles. The number of benzene rings is 1. The third-order valence-corrected chi connectivity index (χ3v) is 4.64. The van der Waals surface area contributed by atoms with E-state index < -0.39 is 0 Å². The molecule has 1 fully saturated rings. The Morgan fingerprint density at radius 1 is 1.39 bits per heavy atom. The lowest BCUT2D eigenvalue weighted by Crippen LogP contribution is -2.36. The van der Waals surface area contributed by atoms with E-state index in [1.165, 1.54) is 15.6 Å². The average molecular weight is 262 g/mol. The van der Waals surface area contributed by atoms with Crippen LogP contribution in [0.25, 0.3) is 10.1 Å². The van der Waals surface area contributed by atoms with Gasteiger partial charge >= 0.3 is 0 Å². The van der Waals surface area contributed by atoms with Crippen molar-refractivity contribution in [2.24, 2.45) is 5.84 Å². The van der Waals surface area contributed by atoms with Crippen molar-refractivity contribution < 1.29 is 4.74 Å². The average Bonchev–Trinajstić information content (AvgIpc) is 2.99. The summed E-state index contributed by atoms with van der Waals surface area (Å²) in [6.45, 7) is 2.12. The van der Waals surface area contributed by atoms with Gasteiger partial charge in [0.15, 0.2) is 0 Å². The third-order valence-electron chi connectivity index (χ3n) is 3.66. The molecule has 0 aliphatic carbocycles. The number of nitrogens with one attached hydrogen (secondary N) is 1. The second-order valence-electron chi connectivity index (χ2n) is 4.89. The minimum atomic E-state index is 0.0808. The molecule has 3 unspecified atom stereocenters. The van der Waals surface area contributed by atoms with E-state index >= 15 is 0 Å². The van der Waals surface area contributed by atoms with Crippen molar-refractivity contribution in [2.75, 3.05) is 0 Å². The highest BCUT2D eigenvalue weighted by Crippen LogP contribution is 2.35. The minimum Gasteiger partial charge on any atom is -0.373 e. The Morgan fingerprint density at radius 3 is 3.00 bits per heavy atom. The fourth-order valence-corrected chi connectivity index (χ4v) is 3.69. The molecule has 0 amide bonds.